The summed E-state index contributed by atoms with van der Waals surface area (Å²) < 4.78 is 52.7. The Morgan fingerprint density at radius 1 is 0.885 bits per heavy atom. The Balaban J connectivity index is 1.47. The minimum atomic E-state index is -0.774. The fourth-order valence-electron chi connectivity index (χ4n) is 4.05. The highest BCUT2D eigenvalue weighted by Crippen LogP contribution is 2.43. The van der Waals surface area contributed by atoms with E-state index in [4.69, 9.17) is 9.47 Å². The summed E-state index contributed by atoms with van der Waals surface area (Å²) in [5.74, 6) is -1.41. The molecule has 2 aliphatic rings. The molecule has 1 unspecified atom stereocenters. The van der Waals surface area contributed by atoms with Gasteiger partial charge in [-0.3, -0.25) is 0 Å². The molecule has 0 amide bonds. The summed E-state index contributed by atoms with van der Waals surface area (Å²) in [6, 6.07) is 8.40. The minimum Gasteiger partial charge on any atom is -0.494 e. The molecule has 4 rings (SSSR count). The lowest BCUT2D eigenvalue weighted by Gasteiger charge is -2.29. The van der Waals surface area contributed by atoms with Gasteiger partial charge in [-0.1, -0.05) is 18.2 Å². The number of halogens is 3. The van der Waals surface area contributed by atoms with Crippen molar-refractivity contribution in [3.05, 3.63) is 64.5 Å². The molecule has 138 valence electrons. The molecule has 5 heteroatoms. The largest absolute Gasteiger partial charge is 0.494 e. The first-order valence-electron chi connectivity index (χ1n) is 9.01. The molecule has 26 heavy (non-hydrogen) atoms. The first kappa shape index (κ1) is 17.4. The number of benzene rings is 2. The fraction of sp³-hybridized carbons (Fsp3) is 0.429. The topological polar surface area (TPSA) is 21.8 Å². The molecule has 2 aromatic carbocycles. The van der Waals surface area contributed by atoms with Gasteiger partial charge in [0.1, 0.15) is 6.10 Å². The average Bonchev–Trinajstić information content (AvgIpc) is 3.49. The zero-order valence-electron chi connectivity index (χ0n) is 14.6. The van der Waals surface area contributed by atoms with E-state index in [9.17, 15) is 13.2 Å². The standard InChI is InChI=1S/C21H21F3O2/c1-25-18-9-6-14(10-17(18)22)12-2-4-13(5-3-12)15-7-8-16(19-11-26-19)21(24)20(15)23/h6-10,12-13,19H,2-5,11H2,1H3. The van der Waals surface area contributed by atoms with Crippen LogP contribution in [0.2, 0.25) is 0 Å². The molecule has 2 aromatic rings. The number of rotatable bonds is 4. The van der Waals surface area contributed by atoms with Gasteiger partial charge in [0.05, 0.1) is 13.7 Å². The molecule has 0 N–H and O–H groups in total. The van der Waals surface area contributed by atoms with Gasteiger partial charge in [0.25, 0.3) is 0 Å². The van der Waals surface area contributed by atoms with Crippen molar-refractivity contribution in [2.24, 2.45) is 0 Å². The van der Waals surface area contributed by atoms with Gasteiger partial charge < -0.3 is 9.47 Å². The molecule has 0 spiro atoms. The van der Waals surface area contributed by atoms with Crippen LogP contribution >= 0.6 is 0 Å². The summed E-state index contributed by atoms with van der Waals surface area (Å²) in [5, 5.41) is 0. The van der Waals surface area contributed by atoms with Crippen molar-refractivity contribution in [3.8, 4) is 5.75 Å². The van der Waals surface area contributed by atoms with Crippen molar-refractivity contribution in [3.63, 3.8) is 0 Å². The van der Waals surface area contributed by atoms with Gasteiger partial charge in [0.15, 0.2) is 23.2 Å². The van der Waals surface area contributed by atoms with Crippen LogP contribution in [-0.4, -0.2) is 13.7 Å². The van der Waals surface area contributed by atoms with Crippen molar-refractivity contribution in [1.82, 2.24) is 0 Å². The van der Waals surface area contributed by atoms with E-state index < -0.39 is 11.6 Å². The number of hydrogen-bond acceptors (Lipinski definition) is 2. The summed E-state index contributed by atoms with van der Waals surface area (Å²) in [7, 11) is 1.44. The molecular formula is C21H21F3O2. The average molecular weight is 362 g/mol. The quantitative estimate of drug-likeness (QED) is 0.658. The van der Waals surface area contributed by atoms with Gasteiger partial charge in [-0.05, 0) is 60.8 Å². The maximum atomic E-state index is 14.5. The van der Waals surface area contributed by atoms with E-state index in [0.717, 1.165) is 31.2 Å². The van der Waals surface area contributed by atoms with E-state index >= 15 is 0 Å². The molecule has 1 aliphatic carbocycles. The first-order chi connectivity index (χ1) is 12.6. The van der Waals surface area contributed by atoms with E-state index in [0.29, 0.717) is 17.7 Å². The summed E-state index contributed by atoms with van der Waals surface area (Å²) in [6.45, 7) is 0.458. The van der Waals surface area contributed by atoms with Crippen LogP contribution in [-0.2, 0) is 4.74 Å². The van der Waals surface area contributed by atoms with Crippen LogP contribution in [0.5, 0.6) is 5.75 Å². The van der Waals surface area contributed by atoms with Crippen LogP contribution in [0.15, 0.2) is 30.3 Å². The highest BCUT2D eigenvalue weighted by Gasteiger charge is 2.32. The third-order valence-corrected chi connectivity index (χ3v) is 5.64. The summed E-state index contributed by atoms with van der Waals surface area (Å²) in [6.07, 6.45) is 2.87. The van der Waals surface area contributed by atoms with E-state index in [1.807, 2.05) is 6.07 Å². The molecule has 0 bridgehead atoms. The summed E-state index contributed by atoms with van der Waals surface area (Å²) >= 11 is 0. The van der Waals surface area contributed by atoms with E-state index in [1.54, 1.807) is 18.2 Å². The second-order valence-corrected chi connectivity index (χ2v) is 7.14. The minimum absolute atomic E-state index is 0.00184. The van der Waals surface area contributed by atoms with Gasteiger partial charge in [-0.2, -0.15) is 0 Å². The molecule has 0 radical (unpaired) electrons. The van der Waals surface area contributed by atoms with Crippen molar-refractivity contribution >= 4 is 0 Å². The molecule has 2 fully saturated rings. The van der Waals surface area contributed by atoms with Gasteiger partial charge in [0.2, 0.25) is 0 Å². The van der Waals surface area contributed by atoms with Crippen LogP contribution in [0.25, 0.3) is 0 Å². The monoisotopic (exact) mass is 362 g/mol. The Kier molecular flexibility index (Phi) is 4.65. The Bertz CT molecular complexity index is 809. The predicted octanol–water partition coefficient (Wildman–Crippen LogP) is 5.63. The highest BCUT2D eigenvalue weighted by atomic mass is 19.2. The Morgan fingerprint density at radius 2 is 1.50 bits per heavy atom. The third-order valence-electron chi connectivity index (χ3n) is 5.64. The van der Waals surface area contributed by atoms with Gasteiger partial charge >= 0.3 is 0 Å². The molecular weight excluding hydrogens is 341 g/mol. The Hall–Kier alpha value is -2.01. The van der Waals surface area contributed by atoms with Crippen LogP contribution in [0.1, 0.15) is 60.3 Å². The second kappa shape index (κ2) is 6.95. The van der Waals surface area contributed by atoms with E-state index in [-0.39, 0.29) is 29.5 Å². The number of hydrogen-bond donors (Lipinski definition) is 0. The SMILES string of the molecule is COc1ccc(C2CCC(c3ccc(C4CO4)c(F)c3F)CC2)cc1F. The summed E-state index contributed by atoms with van der Waals surface area (Å²) in [4.78, 5) is 0. The molecule has 1 aliphatic heterocycles. The van der Waals surface area contributed by atoms with Crippen LogP contribution in [0, 0.1) is 17.5 Å². The van der Waals surface area contributed by atoms with E-state index in [1.165, 1.54) is 13.2 Å². The second-order valence-electron chi connectivity index (χ2n) is 7.14. The Morgan fingerprint density at radius 3 is 2.12 bits per heavy atom. The molecule has 2 nitrogen and oxygen atoms in total. The van der Waals surface area contributed by atoms with Crippen molar-refractivity contribution in [2.45, 2.75) is 43.6 Å². The van der Waals surface area contributed by atoms with Gasteiger partial charge in [-0.15, -0.1) is 0 Å². The molecule has 1 heterocycles. The lowest BCUT2D eigenvalue weighted by molar-refractivity contribution is 0.371. The molecule has 1 atom stereocenters. The van der Waals surface area contributed by atoms with Crippen molar-refractivity contribution in [2.75, 3.05) is 13.7 Å². The Labute approximate surface area is 150 Å². The van der Waals surface area contributed by atoms with Gasteiger partial charge in [-0.25, -0.2) is 13.2 Å². The molecule has 0 aromatic heterocycles. The van der Waals surface area contributed by atoms with Crippen molar-refractivity contribution in [1.29, 1.82) is 0 Å². The van der Waals surface area contributed by atoms with E-state index in [2.05, 4.69) is 0 Å². The summed E-state index contributed by atoms with van der Waals surface area (Å²) in [5.41, 5.74) is 1.70. The zero-order chi connectivity index (χ0) is 18.3. The van der Waals surface area contributed by atoms with Crippen molar-refractivity contribution < 1.29 is 22.6 Å². The lowest BCUT2D eigenvalue weighted by Crippen LogP contribution is -2.14. The normalized spacial score (nSPS) is 25.2. The van der Waals surface area contributed by atoms with Crippen LogP contribution in [0.3, 0.4) is 0 Å². The first-order valence-corrected chi connectivity index (χ1v) is 9.01. The van der Waals surface area contributed by atoms with Crippen LogP contribution in [0.4, 0.5) is 13.2 Å². The molecule has 1 saturated carbocycles. The van der Waals surface area contributed by atoms with Crippen LogP contribution < -0.4 is 4.74 Å². The predicted molar refractivity (Wildman–Crippen MR) is 92.0 cm³/mol. The highest BCUT2D eigenvalue weighted by molar-refractivity contribution is 5.34. The zero-order valence-corrected chi connectivity index (χ0v) is 14.6. The maximum Gasteiger partial charge on any atom is 0.165 e. The molecule has 1 saturated heterocycles. The number of ether oxygens (including phenoxy) is 2. The third kappa shape index (κ3) is 3.20. The van der Waals surface area contributed by atoms with Gasteiger partial charge in [0, 0.05) is 5.56 Å². The smallest absolute Gasteiger partial charge is 0.165 e. The number of methoxy groups -OCH3 is 1. The lowest BCUT2D eigenvalue weighted by atomic mass is 9.76. The maximum absolute atomic E-state index is 14.5. The fourth-order valence-corrected chi connectivity index (χ4v) is 4.05. The number of epoxide rings is 1.